The van der Waals surface area contributed by atoms with Crippen LogP contribution in [0.3, 0.4) is 0 Å². The van der Waals surface area contributed by atoms with Gasteiger partial charge in [-0.25, -0.2) is 9.37 Å². The molecule has 2 rings (SSSR count). The number of rotatable bonds is 5. The Bertz CT molecular complexity index is 600. The van der Waals surface area contributed by atoms with Crippen LogP contribution in [0.4, 0.5) is 4.39 Å². The lowest BCUT2D eigenvalue weighted by atomic mass is 10.1. The molecule has 108 valence electrons. The SMILES string of the molecule is CNC(C)c1ccc(OCc2ncc(Cl)n2C)c(F)c1. The average Bonchev–Trinajstić information content (AvgIpc) is 2.76. The van der Waals surface area contributed by atoms with Crippen molar-refractivity contribution in [2.24, 2.45) is 7.05 Å². The molecule has 1 aromatic carbocycles. The Kier molecular flexibility index (Phi) is 4.62. The van der Waals surface area contributed by atoms with E-state index in [9.17, 15) is 4.39 Å². The standard InChI is InChI=1S/C14H17ClFN3O/c1-9(17-2)10-4-5-12(11(16)6-10)20-8-14-18-7-13(15)19(14)3/h4-7,9,17H,8H2,1-3H3. The van der Waals surface area contributed by atoms with Crippen LogP contribution in [0.1, 0.15) is 24.4 Å². The third kappa shape index (κ3) is 3.11. The Hall–Kier alpha value is -1.59. The van der Waals surface area contributed by atoms with Gasteiger partial charge in [-0.15, -0.1) is 0 Å². The molecule has 0 radical (unpaired) electrons. The van der Waals surface area contributed by atoms with Crippen LogP contribution in [0.25, 0.3) is 0 Å². The van der Waals surface area contributed by atoms with Gasteiger partial charge in [-0.1, -0.05) is 17.7 Å². The molecule has 0 fully saturated rings. The van der Waals surface area contributed by atoms with Crippen LogP contribution in [0, 0.1) is 5.82 Å². The number of benzene rings is 1. The van der Waals surface area contributed by atoms with Crippen molar-refractivity contribution in [3.63, 3.8) is 0 Å². The summed E-state index contributed by atoms with van der Waals surface area (Å²) < 4.78 is 21.1. The van der Waals surface area contributed by atoms with Crippen molar-refractivity contribution < 1.29 is 9.13 Å². The minimum atomic E-state index is -0.384. The van der Waals surface area contributed by atoms with E-state index < -0.39 is 0 Å². The maximum Gasteiger partial charge on any atom is 0.165 e. The van der Waals surface area contributed by atoms with E-state index in [-0.39, 0.29) is 24.2 Å². The molecule has 0 aliphatic carbocycles. The van der Waals surface area contributed by atoms with Crippen LogP contribution in [0.15, 0.2) is 24.4 Å². The van der Waals surface area contributed by atoms with Crippen LogP contribution < -0.4 is 10.1 Å². The molecule has 4 nitrogen and oxygen atoms in total. The Morgan fingerprint density at radius 3 is 2.80 bits per heavy atom. The Labute approximate surface area is 122 Å². The van der Waals surface area contributed by atoms with Gasteiger partial charge in [-0.05, 0) is 31.7 Å². The van der Waals surface area contributed by atoms with Gasteiger partial charge in [0.25, 0.3) is 0 Å². The number of aromatic nitrogens is 2. The second-order valence-corrected chi connectivity index (χ2v) is 4.93. The molecule has 1 unspecified atom stereocenters. The van der Waals surface area contributed by atoms with E-state index in [1.165, 1.54) is 12.3 Å². The summed E-state index contributed by atoms with van der Waals surface area (Å²) in [5.74, 6) is 0.461. The molecule has 1 aromatic heterocycles. The normalized spacial score (nSPS) is 12.4. The minimum Gasteiger partial charge on any atom is -0.483 e. The minimum absolute atomic E-state index is 0.0897. The van der Waals surface area contributed by atoms with E-state index in [1.54, 1.807) is 17.7 Å². The first-order valence-electron chi connectivity index (χ1n) is 6.28. The average molecular weight is 298 g/mol. The lowest BCUT2D eigenvalue weighted by Gasteiger charge is -2.13. The highest BCUT2D eigenvalue weighted by Gasteiger charge is 2.10. The van der Waals surface area contributed by atoms with Gasteiger partial charge in [0.15, 0.2) is 11.6 Å². The monoisotopic (exact) mass is 297 g/mol. The topological polar surface area (TPSA) is 39.1 Å². The quantitative estimate of drug-likeness (QED) is 0.922. The van der Waals surface area contributed by atoms with Gasteiger partial charge >= 0.3 is 0 Å². The van der Waals surface area contributed by atoms with Crippen molar-refractivity contribution in [1.29, 1.82) is 0 Å². The van der Waals surface area contributed by atoms with E-state index >= 15 is 0 Å². The van der Waals surface area contributed by atoms with E-state index in [4.69, 9.17) is 16.3 Å². The van der Waals surface area contributed by atoms with Crippen molar-refractivity contribution in [3.8, 4) is 5.75 Å². The van der Waals surface area contributed by atoms with Crippen LogP contribution in [-0.4, -0.2) is 16.6 Å². The van der Waals surface area contributed by atoms with Gasteiger partial charge in [0.05, 0.1) is 6.20 Å². The molecule has 0 spiro atoms. The highest BCUT2D eigenvalue weighted by Crippen LogP contribution is 2.23. The third-order valence-electron chi connectivity index (χ3n) is 3.27. The molecule has 20 heavy (non-hydrogen) atoms. The fourth-order valence-electron chi connectivity index (χ4n) is 1.77. The maximum absolute atomic E-state index is 13.9. The predicted molar refractivity (Wildman–Crippen MR) is 76.4 cm³/mol. The first kappa shape index (κ1) is 14.8. The molecule has 0 amide bonds. The third-order valence-corrected chi connectivity index (χ3v) is 3.62. The zero-order valence-corrected chi connectivity index (χ0v) is 12.4. The predicted octanol–water partition coefficient (Wildman–Crippen LogP) is 3.07. The number of ether oxygens (including phenoxy) is 1. The lowest BCUT2D eigenvalue weighted by molar-refractivity contribution is 0.277. The van der Waals surface area contributed by atoms with Crippen molar-refractivity contribution in [2.45, 2.75) is 19.6 Å². The zero-order chi connectivity index (χ0) is 14.7. The Balaban J connectivity index is 2.08. The maximum atomic E-state index is 13.9. The number of hydrogen-bond donors (Lipinski definition) is 1. The smallest absolute Gasteiger partial charge is 0.165 e. The number of halogens is 2. The van der Waals surface area contributed by atoms with Crippen LogP contribution in [0.5, 0.6) is 5.75 Å². The lowest BCUT2D eigenvalue weighted by Crippen LogP contribution is -2.12. The molecule has 1 heterocycles. The van der Waals surface area contributed by atoms with Crippen LogP contribution >= 0.6 is 11.6 Å². The summed E-state index contributed by atoms with van der Waals surface area (Å²) in [6.45, 7) is 2.13. The molecule has 0 aliphatic rings. The van der Waals surface area contributed by atoms with Crippen LogP contribution in [-0.2, 0) is 13.7 Å². The van der Waals surface area contributed by atoms with Gasteiger partial charge in [-0.2, -0.15) is 0 Å². The summed E-state index contributed by atoms with van der Waals surface area (Å²) >= 11 is 5.88. The molecular formula is C14H17ClFN3O. The van der Waals surface area contributed by atoms with E-state index in [0.717, 1.165) is 5.56 Å². The summed E-state index contributed by atoms with van der Waals surface area (Å²) in [5, 5.41) is 3.58. The van der Waals surface area contributed by atoms with Gasteiger partial charge in [0.1, 0.15) is 17.6 Å². The van der Waals surface area contributed by atoms with Gasteiger partial charge in [0.2, 0.25) is 0 Å². The summed E-state index contributed by atoms with van der Waals surface area (Å²) in [5.41, 5.74) is 0.873. The summed E-state index contributed by atoms with van der Waals surface area (Å²) in [6.07, 6.45) is 1.54. The summed E-state index contributed by atoms with van der Waals surface area (Å²) in [6, 6.07) is 5.03. The summed E-state index contributed by atoms with van der Waals surface area (Å²) in [7, 11) is 3.61. The largest absolute Gasteiger partial charge is 0.483 e. The number of imidazole rings is 1. The molecule has 1 N–H and O–H groups in total. The van der Waals surface area contributed by atoms with E-state index in [0.29, 0.717) is 11.0 Å². The highest BCUT2D eigenvalue weighted by atomic mass is 35.5. The van der Waals surface area contributed by atoms with Gasteiger partial charge in [-0.3, -0.25) is 0 Å². The molecular weight excluding hydrogens is 281 g/mol. The number of nitrogens with zero attached hydrogens (tertiary/aromatic N) is 2. The Morgan fingerprint density at radius 2 is 2.25 bits per heavy atom. The molecule has 0 saturated carbocycles. The van der Waals surface area contributed by atoms with Crippen molar-refractivity contribution in [1.82, 2.24) is 14.9 Å². The molecule has 2 aromatic rings. The first-order chi connectivity index (χ1) is 9.52. The molecule has 0 aliphatic heterocycles. The van der Waals surface area contributed by atoms with E-state index in [2.05, 4.69) is 10.3 Å². The molecule has 1 atom stereocenters. The molecule has 6 heteroatoms. The molecule has 0 bridgehead atoms. The van der Waals surface area contributed by atoms with Crippen molar-refractivity contribution in [2.75, 3.05) is 7.05 Å². The van der Waals surface area contributed by atoms with Gasteiger partial charge < -0.3 is 14.6 Å². The zero-order valence-electron chi connectivity index (χ0n) is 11.7. The number of nitrogens with one attached hydrogen (secondary N) is 1. The van der Waals surface area contributed by atoms with E-state index in [1.807, 2.05) is 20.0 Å². The second-order valence-electron chi connectivity index (χ2n) is 4.55. The highest BCUT2D eigenvalue weighted by molar-refractivity contribution is 6.29. The summed E-state index contributed by atoms with van der Waals surface area (Å²) in [4.78, 5) is 4.09. The number of hydrogen-bond acceptors (Lipinski definition) is 3. The van der Waals surface area contributed by atoms with Gasteiger partial charge in [0, 0.05) is 13.1 Å². The second kappa shape index (κ2) is 6.24. The van der Waals surface area contributed by atoms with Crippen LogP contribution in [0.2, 0.25) is 5.15 Å². The van der Waals surface area contributed by atoms with Crippen molar-refractivity contribution >= 4 is 11.6 Å². The Morgan fingerprint density at radius 1 is 1.50 bits per heavy atom. The first-order valence-corrected chi connectivity index (χ1v) is 6.66. The molecule has 0 saturated heterocycles. The fourth-order valence-corrected chi connectivity index (χ4v) is 1.92. The van der Waals surface area contributed by atoms with Crippen molar-refractivity contribution in [3.05, 3.63) is 46.8 Å². The fraction of sp³-hybridized carbons (Fsp3) is 0.357.